The molecule has 0 aliphatic rings. The Hall–Kier alpha value is -0.870. The maximum atomic E-state index is 5.65. The third-order valence-corrected chi connectivity index (χ3v) is 2.75. The van der Waals surface area contributed by atoms with Crippen molar-refractivity contribution in [2.45, 2.75) is 26.8 Å². The summed E-state index contributed by atoms with van der Waals surface area (Å²) < 4.78 is 6.62. The van der Waals surface area contributed by atoms with E-state index in [9.17, 15) is 0 Å². The summed E-state index contributed by atoms with van der Waals surface area (Å²) in [6.45, 7) is 10.4. The zero-order chi connectivity index (χ0) is 13.4. The molecular weight excluding hydrogens is 292 g/mol. The van der Waals surface area contributed by atoms with E-state index >= 15 is 0 Å². The molecule has 0 atom stereocenters. The summed E-state index contributed by atoms with van der Waals surface area (Å²) in [5.74, 6) is 1.34. The molecule has 0 aliphatic carbocycles. The van der Waals surface area contributed by atoms with Gasteiger partial charge in [0.15, 0.2) is 0 Å². The lowest BCUT2D eigenvalue weighted by molar-refractivity contribution is 0.307. The molecule has 1 aromatic heterocycles. The Labute approximate surface area is 118 Å². The van der Waals surface area contributed by atoms with Crippen LogP contribution >= 0.6 is 15.9 Å². The number of nitrogens with zero attached hydrogens (tertiary/aromatic N) is 1. The molecule has 0 saturated heterocycles. The molecular formula is C14H21BrN2O. The Morgan fingerprint density at radius 1 is 1.56 bits per heavy atom. The van der Waals surface area contributed by atoms with Crippen LogP contribution in [-0.2, 0) is 6.54 Å². The van der Waals surface area contributed by atoms with Crippen molar-refractivity contribution in [3.8, 4) is 5.88 Å². The highest BCUT2D eigenvalue weighted by Crippen LogP contribution is 2.20. The van der Waals surface area contributed by atoms with Crippen molar-refractivity contribution in [3.05, 3.63) is 35.0 Å². The van der Waals surface area contributed by atoms with Crippen LogP contribution in [0.25, 0.3) is 0 Å². The van der Waals surface area contributed by atoms with Crippen LogP contribution in [0, 0.1) is 5.92 Å². The van der Waals surface area contributed by atoms with Crippen molar-refractivity contribution >= 4 is 15.9 Å². The van der Waals surface area contributed by atoms with Crippen LogP contribution in [-0.4, -0.2) is 18.1 Å². The van der Waals surface area contributed by atoms with Crippen LogP contribution in [0.3, 0.4) is 0 Å². The zero-order valence-electron chi connectivity index (χ0n) is 11.1. The molecule has 1 aromatic rings. The van der Waals surface area contributed by atoms with Gasteiger partial charge in [-0.1, -0.05) is 19.9 Å². The average molecular weight is 313 g/mol. The summed E-state index contributed by atoms with van der Waals surface area (Å²) in [4.78, 5) is 4.30. The molecule has 3 nitrogen and oxygen atoms in total. The second-order valence-electron chi connectivity index (χ2n) is 4.57. The first-order valence-corrected chi connectivity index (χ1v) is 7.01. The molecule has 0 radical (unpaired) electrons. The lowest BCUT2D eigenvalue weighted by Crippen LogP contribution is -2.19. The van der Waals surface area contributed by atoms with Crippen LogP contribution in [0.15, 0.2) is 29.4 Å². The van der Waals surface area contributed by atoms with Crippen molar-refractivity contribution in [1.29, 1.82) is 0 Å². The molecule has 0 unspecified atom stereocenters. The lowest BCUT2D eigenvalue weighted by Gasteiger charge is -2.12. The van der Waals surface area contributed by atoms with E-state index in [-0.39, 0.29) is 0 Å². The Kier molecular flexibility index (Phi) is 6.98. The van der Waals surface area contributed by atoms with Crippen molar-refractivity contribution in [1.82, 2.24) is 10.3 Å². The number of ether oxygens (including phenoxy) is 1. The van der Waals surface area contributed by atoms with Crippen molar-refractivity contribution < 1.29 is 4.74 Å². The summed E-state index contributed by atoms with van der Waals surface area (Å²) in [5.41, 5.74) is 1.08. The second-order valence-corrected chi connectivity index (χ2v) is 5.48. The van der Waals surface area contributed by atoms with Crippen LogP contribution in [0.5, 0.6) is 5.88 Å². The van der Waals surface area contributed by atoms with E-state index in [1.807, 2.05) is 12.1 Å². The van der Waals surface area contributed by atoms with E-state index < -0.39 is 0 Å². The zero-order valence-corrected chi connectivity index (χ0v) is 12.7. The maximum absolute atomic E-state index is 5.65. The van der Waals surface area contributed by atoms with Gasteiger partial charge in [0.1, 0.15) is 0 Å². The second kappa shape index (κ2) is 8.27. The molecule has 1 N–H and O–H groups in total. The molecule has 18 heavy (non-hydrogen) atoms. The Morgan fingerprint density at radius 3 is 3.00 bits per heavy atom. The van der Waals surface area contributed by atoms with E-state index in [0.717, 1.165) is 29.5 Å². The van der Waals surface area contributed by atoms with E-state index in [1.54, 1.807) is 6.20 Å². The fourth-order valence-corrected chi connectivity index (χ4v) is 1.84. The SMILES string of the molecule is C=CCCOc1ncc(Br)cc1CNCC(C)C. The summed E-state index contributed by atoms with van der Waals surface area (Å²) in [6, 6.07) is 2.05. The number of halogens is 1. The minimum absolute atomic E-state index is 0.620. The molecule has 0 aliphatic heterocycles. The first kappa shape index (κ1) is 15.2. The van der Waals surface area contributed by atoms with Gasteiger partial charge in [-0.3, -0.25) is 0 Å². The van der Waals surface area contributed by atoms with Crippen molar-refractivity contribution in [2.24, 2.45) is 5.92 Å². The number of aromatic nitrogens is 1. The molecule has 0 spiro atoms. The Morgan fingerprint density at radius 2 is 2.33 bits per heavy atom. The first-order chi connectivity index (χ1) is 8.63. The fraction of sp³-hybridized carbons (Fsp3) is 0.500. The molecule has 0 amide bonds. The van der Waals surface area contributed by atoms with E-state index in [2.05, 4.69) is 46.7 Å². The number of pyridine rings is 1. The smallest absolute Gasteiger partial charge is 0.217 e. The van der Waals surface area contributed by atoms with Gasteiger partial charge in [0.2, 0.25) is 5.88 Å². The topological polar surface area (TPSA) is 34.1 Å². The van der Waals surface area contributed by atoms with Gasteiger partial charge in [-0.25, -0.2) is 4.98 Å². The van der Waals surface area contributed by atoms with Crippen LogP contribution in [0.4, 0.5) is 0 Å². The molecule has 0 fully saturated rings. The van der Waals surface area contributed by atoms with E-state index in [0.29, 0.717) is 18.4 Å². The van der Waals surface area contributed by atoms with Gasteiger partial charge < -0.3 is 10.1 Å². The third-order valence-electron chi connectivity index (χ3n) is 2.32. The maximum Gasteiger partial charge on any atom is 0.217 e. The summed E-state index contributed by atoms with van der Waals surface area (Å²) in [6.07, 6.45) is 4.43. The highest BCUT2D eigenvalue weighted by Gasteiger charge is 2.06. The Balaban J connectivity index is 2.61. The number of nitrogens with one attached hydrogen (secondary N) is 1. The van der Waals surface area contributed by atoms with Crippen molar-refractivity contribution in [2.75, 3.05) is 13.2 Å². The quantitative estimate of drug-likeness (QED) is 0.589. The van der Waals surface area contributed by atoms with Gasteiger partial charge in [-0.15, -0.1) is 6.58 Å². The van der Waals surface area contributed by atoms with Gasteiger partial charge in [-0.2, -0.15) is 0 Å². The highest BCUT2D eigenvalue weighted by atomic mass is 79.9. The molecule has 1 heterocycles. The van der Waals surface area contributed by atoms with E-state index in [1.165, 1.54) is 0 Å². The highest BCUT2D eigenvalue weighted by molar-refractivity contribution is 9.10. The minimum atomic E-state index is 0.620. The lowest BCUT2D eigenvalue weighted by atomic mass is 10.2. The molecule has 4 heteroatoms. The van der Waals surface area contributed by atoms with Gasteiger partial charge >= 0.3 is 0 Å². The monoisotopic (exact) mass is 312 g/mol. The first-order valence-electron chi connectivity index (χ1n) is 6.22. The normalized spacial score (nSPS) is 10.7. The number of rotatable bonds is 8. The molecule has 0 aromatic carbocycles. The largest absolute Gasteiger partial charge is 0.477 e. The predicted octanol–water partition coefficient (Wildman–Crippen LogP) is 3.54. The molecule has 100 valence electrons. The van der Waals surface area contributed by atoms with Crippen molar-refractivity contribution in [3.63, 3.8) is 0 Å². The average Bonchev–Trinajstić information content (AvgIpc) is 2.31. The predicted molar refractivity (Wildman–Crippen MR) is 78.8 cm³/mol. The standard InChI is InChI=1S/C14H21BrN2O/c1-4-5-6-18-14-12(7-13(15)10-17-14)9-16-8-11(2)3/h4,7,10-11,16H,1,5-6,8-9H2,2-3H3. The third kappa shape index (κ3) is 5.65. The van der Waals surface area contributed by atoms with Gasteiger partial charge in [0.05, 0.1) is 6.61 Å². The van der Waals surface area contributed by atoms with Crippen LogP contribution < -0.4 is 10.1 Å². The summed E-state index contributed by atoms with van der Waals surface area (Å²) in [7, 11) is 0. The van der Waals surface area contributed by atoms with E-state index in [4.69, 9.17) is 4.74 Å². The summed E-state index contributed by atoms with van der Waals surface area (Å²) in [5, 5.41) is 3.40. The Bertz CT molecular complexity index is 380. The van der Waals surface area contributed by atoms with Gasteiger partial charge in [0, 0.05) is 22.8 Å². The summed E-state index contributed by atoms with van der Waals surface area (Å²) >= 11 is 3.44. The van der Waals surface area contributed by atoms with Crippen LogP contribution in [0.1, 0.15) is 25.8 Å². The van der Waals surface area contributed by atoms with Crippen LogP contribution in [0.2, 0.25) is 0 Å². The van der Waals surface area contributed by atoms with Gasteiger partial charge in [0.25, 0.3) is 0 Å². The molecule has 0 saturated carbocycles. The molecule has 1 rings (SSSR count). The number of hydrogen-bond donors (Lipinski definition) is 1. The van der Waals surface area contributed by atoms with Gasteiger partial charge in [-0.05, 0) is 40.9 Å². The number of hydrogen-bond acceptors (Lipinski definition) is 3. The minimum Gasteiger partial charge on any atom is -0.477 e. The molecule has 0 bridgehead atoms. The fourth-order valence-electron chi connectivity index (χ4n) is 1.46.